The molecule has 8 heteroatoms. The molecule has 31 heavy (non-hydrogen) atoms. The maximum absolute atomic E-state index is 13.4. The molecule has 1 aromatic heterocycles. The van der Waals surface area contributed by atoms with Crippen LogP contribution in [0, 0.1) is 0 Å². The Hall–Kier alpha value is -3.36. The molecule has 4 aromatic rings. The van der Waals surface area contributed by atoms with E-state index in [0.717, 1.165) is 11.0 Å². The van der Waals surface area contributed by atoms with Gasteiger partial charge in [0.15, 0.2) is 11.0 Å². The second-order valence-corrected chi connectivity index (χ2v) is 9.01. The number of aromatic nitrogens is 2. The summed E-state index contributed by atoms with van der Waals surface area (Å²) in [5.41, 5.74) is 2.33. The molecule has 0 aliphatic heterocycles. The van der Waals surface area contributed by atoms with Gasteiger partial charge in [-0.25, -0.2) is 18.0 Å². The van der Waals surface area contributed by atoms with E-state index >= 15 is 0 Å². The van der Waals surface area contributed by atoms with Crippen LogP contribution in [0.15, 0.2) is 90.1 Å². The summed E-state index contributed by atoms with van der Waals surface area (Å²) in [7, 11) is -2.32. The molecule has 0 amide bonds. The van der Waals surface area contributed by atoms with Gasteiger partial charge in [0.05, 0.1) is 24.2 Å². The van der Waals surface area contributed by atoms with Gasteiger partial charge in [0, 0.05) is 0 Å². The zero-order valence-corrected chi connectivity index (χ0v) is 17.9. The summed E-state index contributed by atoms with van der Waals surface area (Å²) in [6.45, 7) is 0.136. The maximum Gasteiger partial charge on any atom is 0.264 e. The maximum atomic E-state index is 13.4. The van der Waals surface area contributed by atoms with Crippen LogP contribution in [0.1, 0.15) is 0 Å². The molecule has 7 nitrogen and oxygen atoms in total. The third-order valence-corrected chi connectivity index (χ3v) is 6.87. The molecule has 0 aliphatic rings. The third kappa shape index (κ3) is 4.40. The number of rotatable bonds is 8. The number of benzene rings is 3. The molecular weight excluding hydrogens is 414 g/mol. The van der Waals surface area contributed by atoms with Gasteiger partial charge in [-0.1, -0.05) is 30.3 Å². The fourth-order valence-corrected chi connectivity index (χ4v) is 5.02. The van der Waals surface area contributed by atoms with Crippen molar-refractivity contribution in [2.75, 3.05) is 18.0 Å². The predicted octanol–water partition coefficient (Wildman–Crippen LogP) is 2.72. The quantitative estimate of drug-likeness (QED) is 0.414. The van der Waals surface area contributed by atoms with Crippen molar-refractivity contribution < 1.29 is 22.8 Å². The van der Waals surface area contributed by atoms with E-state index in [-0.39, 0.29) is 18.0 Å². The SMILES string of the molecule is COc1ccc(N(CC(O)C[n+]2c[nH]c3ccccc32)S(=O)(=O)c2ccccc2)cc1. The fraction of sp³-hybridized carbons (Fsp3) is 0.174. The highest BCUT2D eigenvalue weighted by Gasteiger charge is 2.28. The highest BCUT2D eigenvalue weighted by molar-refractivity contribution is 7.92. The van der Waals surface area contributed by atoms with Crippen molar-refractivity contribution in [1.82, 2.24) is 4.98 Å². The molecule has 3 aromatic carbocycles. The number of sulfonamides is 1. The number of nitrogens with zero attached hydrogens (tertiary/aromatic N) is 2. The van der Waals surface area contributed by atoms with Gasteiger partial charge < -0.3 is 9.84 Å². The van der Waals surface area contributed by atoms with Crippen molar-refractivity contribution in [2.24, 2.45) is 0 Å². The van der Waals surface area contributed by atoms with Gasteiger partial charge in [-0.2, -0.15) is 0 Å². The molecule has 0 radical (unpaired) electrons. The lowest BCUT2D eigenvalue weighted by molar-refractivity contribution is -0.678. The number of ether oxygens (including phenoxy) is 1. The second kappa shape index (κ2) is 8.79. The van der Waals surface area contributed by atoms with Crippen molar-refractivity contribution >= 4 is 26.7 Å². The van der Waals surface area contributed by atoms with Crippen LogP contribution in [-0.4, -0.2) is 38.3 Å². The number of methoxy groups -OCH3 is 1. The van der Waals surface area contributed by atoms with Gasteiger partial charge >= 0.3 is 0 Å². The monoisotopic (exact) mass is 438 g/mol. The Morgan fingerprint density at radius 1 is 1.00 bits per heavy atom. The lowest BCUT2D eigenvalue weighted by Gasteiger charge is -2.26. The summed E-state index contributed by atoms with van der Waals surface area (Å²) < 4.78 is 35.1. The van der Waals surface area contributed by atoms with E-state index in [1.165, 1.54) is 4.31 Å². The topological polar surface area (TPSA) is 86.5 Å². The van der Waals surface area contributed by atoms with E-state index in [1.54, 1.807) is 68.0 Å². The number of fused-ring (bicyclic) bond motifs is 1. The number of aromatic amines is 1. The Morgan fingerprint density at radius 2 is 1.68 bits per heavy atom. The van der Waals surface area contributed by atoms with Gasteiger partial charge in [-0.15, -0.1) is 0 Å². The molecule has 2 N–H and O–H groups in total. The number of para-hydroxylation sites is 2. The number of aliphatic hydroxyl groups excluding tert-OH is 1. The molecule has 160 valence electrons. The number of H-pyrrole nitrogens is 1. The Labute approximate surface area is 181 Å². The van der Waals surface area contributed by atoms with Crippen LogP contribution in [0.25, 0.3) is 11.0 Å². The first-order valence-corrected chi connectivity index (χ1v) is 11.3. The third-order valence-electron chi connectivity index (χ3n) is 5.06. The zero-order valence-electron chi connectivity index (χ0n) is 17.0. The van der Waals surface area contributed by atoms with Gasteiger partial charge in [-0.05, 0) is 48.5 Å². The van der Waals surface area contributed by atoms with E-state index in [2.05, 4.69) is 4.98 Å². The van der Waals surface area contributed by atoms with Crippen LogP contribution < -0.4 is 13.6 Å². The minimum Gasteiger partial charge on any atom is -0.497 e. The van der Waals surface area contributed by atoms with E-state index in [0.29, 0.717) is 11.4 Å². The molecule has 0 saturated heterocycles. The summed E-state index contributed by atoms with van der Waals surface area (Å²) in [5, 5.41) is 10.9. The number of imidazole rings is 1. The van der Waals surface area contributed by atoms with Crippen molar-refractivity contribution in [3.05, 3.63) is 85.2 Å². The lowest BCUT2D eigenvalue weighted by atomic mass is 10.2. The van der Waals surface area contributed by atoms with Crippen molar-refractivity contribution in [1.29, 1.82) is 0 Å². The Bertz CT molecular complexity index is 1250. The molecule has 0 bridgehead atoms. The minimum absolute atomic E-state index is 0.101. The minimum atomic E-state index is -3.87. The summed E-state index contributed by atoms with van der Waals surface area (Å²) in [6.07, 6.45) is 0.835. The number of hydrogen-bond donors (Lipinski definition) is 2. The Balaban J connectivity index is 1.65. The van der Waals surface area contributed by atoms with E-state index in [1.807, 2.05) is 28.8 Å². The average Bonchev–Trinajstić information content (AvgIpc) is 3.21. The van der Waals surface area contributed by atoms with Crippen LogP contribution >= 0.6 is 0 Å². The molecule has 0 saturated carbocycles. The first-order chi connectivity index (χ1) is 15.0. The van der Waals surface area contributed by atoms with Crippen molar-refractivity contribution in [3.63, 3.8) is 0 Å². The zero-order chi connectivity index (χ0) is 21.8. The first kappa shape index (κ1) is 20.9. The predicted molar refractivity (Wildman–Crippen MR) is 118 cm³/mol. The molecule has 1 unspecified atom stereocenters. The van der Waals surface area contributed by atoms with Crippen LogP contribution in [-0.2, 0) is 16.6 Å². The van der Waals surface area contributed by atoms with E-state index in [9.17, 15) is 13.5 Å². The number of hydrogen-bond acceptors (Lipinski definition) is 4. The summed E-state index contributed by atoms with van der Waals surface area (Å²) >= 11 is 0. The van der Waals surface area contributed by atoms with Crippen molar-refractivity contribution in [3.8, 4) is 5.75 Å². The number of aliphatic hydroxyl groups is 1. The van der Waals surface area contributed by atoms with Gasteiger partial charge in [0.1, 0.15) is 18.4 Å². The summed E-state index contributed by atoms with van der Waals surface area (Å²) in [5.74, 6) is 0.621. The van der Waals surface area contributed by atoms with Crippen LogP contribution in [0.3, 0.4) is 0 Å². The van der Waals surface area contributed by atoms with Gasteiger partial charge in [-0.3, -0.25) is 4.31 Å². The highest BCUT2D eigenvalue weighted by Crippen LogP contribution is 2.26. The molecule has 1 atom stereocenters. The largest absolute Gasteiger partial charge is 0.497 e. The number of anilines is 1. The van der Waals surface area contributed by atoms with Crippen LogP contribution in [0.4, 0.5) is 5.69 Å². The van der Waals surface area contributed by atoms with Crippen LogP contribution in [0.5, 0.6) is 5.75 Å². The van der Waals surface area contributed by atoms with E-state index < -0.39 is 16.1 Å². The smallest absolute Gasteiger partial charge is 0.264 e. The molecular formula is C23H24N3O4S+. The van der Waals surface area contributed by atoms with E-state index in [4.69, 9.17) is 4.74 Å². The standard InChI is InChI=1S/C23H23N3O4S/c1-30-20-13-11-18(12-14-20)26(31(28,29)21-7-3-2-4-8-21)16-19(27)15-25-17-24-22-9-5-6-10-23(22)25/h2-14,17,19,27H,15-16H2,1H3/p+1. The fourth-order valence-electron chi connectivity index (χ4n) is 3.50. The molecule has 0 spiro atoms. The molecule has 0 aliphatic carbocycles. The Morgan fingerprint density at radius 3 is 2.39 bits per heavy atom. The second-order valence-electron chi connectivity index (χ2n) is 7.14. The normalized spacial score (nSPS) is 12.6. The van der Waals surface area contributed by atoms with Crippen LogP contribution in [0.2, 0.25) is 0 Å². The lowest BCUT2D eigenvalue weighted by Crippen LogP contribution is -2.45. The summed E-state index contributed by atoms with van der Waals surface area (Å²) in [4.78, 5) is 3.32. The molecule has 4 rings (SSSR count). The molecule has 1 heterocycles. The molecule has 0 fully saturated rings. The van der Waals surface area contributed by atoms with Gasteiger partial charge in [0.25, 0.3) is 10.0 Å². The number of nitrogens with one attached hydrogen (secondary N) is 1. The summed E-state index contributed by atoms with van der Waals surface area (Å²) in [6, 6.07) is 22.7. The first-order valence-electron chi connectivity index (χ1n) is 9.84. The Kier molecular flexibility index (Phi) is 5.92. The average molecular weight is 439 g/mol. The van der Waals surface area contributed by atoms with Gasteiger partial charge in [0.2, 0.25) is 6.33 Å². The highest BCUT2D eigenvalue weighted by atomic mass is 32.2. The van der Waals surface area contributed by atoms with Crippen molar-refractivity contribution in [2.45, 2.75) is 17.5 Å².